The molecule has 7 heteroatoms. The van der Waals surface area contributed by atoms with Crippen molar-refractivity contribution in [2.75, 3.05) is 11.9 Å². The molecule has 1 aromatic heterocycles. The van der Waals surface area contributed by atoms with Crippen molar-refractivity contribution in [3.8, 4) is 0 Å². The Morgan fingerprint density at radius 1 is 1.32 bits per heavy atom. The molecule has 0 aliphatic rings. The van der Waals surface area contributed by atoms with Crippen LogP contribution in [0.5, 0.6) is 0 Å². The number of aromatic nitrogens is 2. The lowest BCUT2D eigenvalue weighted by molar-refractivity contribution is -0.385. The zero-order chi connectivity index (χ0) is 13.7. The van der Waals surface area contributed by atoms with E-state index in [4.69, 9.17) is 0 Å². The molecule has 0 bridgehead atoms. The van der Waals surface area contributed by atoms with Crippen molar-refractivity contribution in [1.29, 1.82) is 0 Å². The molecule has 98 valence electrons. The van der Waals surface area contributed by atoms with Crippen molar-refractivity contribution in [2.24, 2.45) is 0 Å². The topological polar surface area (TPSA) is 81.0 Å². The Morgan fingerprint density at radius 2 is 2.05 bits per heavy atom. The van der Waals surface area contributed by atoms with Crippen molar-refractivity contribution in [2.45, 2.75) is 17.0 Å². The molecule has 6 nitrogen and oxygen atoms in total. The van der Waals surface area contributed by atoms with E-state index >= 15 is 0 Å². The Labute approximate surface area is 114 Å². The summed E-state index contributed by atoms with van der Waals surface area (Å²) < 4.78 is 0. The number of anilines is 1. The van der Waals surface area contributed by atoms with Gasteiger partial charge in [-0.1, -0.05) is 0 Å². The average molecular weight is 276 g/mol. The summed E-state index contributed by atoms with van der Waals surface area (Å²) in [6, 6.07) is 6.60. The largest absolute Gasteiger partial charge is 0.385 e. The highest BCUT2D eigenvalue weighted by Gasteiger charge is 2.11. The van der Waals surface area contributed by atoms with Crippen molar-refractivity contribution in [1.82, 2.24) is 9.97 Å². The number of nitrogens with one attached hydrogen (secondary N) is 1. The zero-order valence-corrected chi connectivity index (χ0v) is 11.1. The number of nitro benzene ring substituents is 1. The molecule has 0 amide bonds. The van der Waals surface area contributed by atoms with E-state index in [-0.39, 0.29) is 5.69 Å². The number of benzene rings is 1. The molecule has 0 unspecified atom stereocenters. The molecule has 2 rings (SSSR count). The lowest BCUT2D eigenvalue weighted by Gasteiger charge is -2.06. The predicted octanol–water partition coefficient (Wildman–Crippen LogP) is 2.97. The normalized spacial score (nSPS) is 10.2. The van der Waals surface area contributed by atoms with Gasteiger partial charge in [0.05, 0.1) is 4.92 Å². The minimum Gasteiger partial charge on any atom is -0.385 e. The first-order chi connectivity index (χ1) is 9.19. The number of hydrogen-bond donors (Lipinski definition) is 1. The van der Waals surface area contributed by atoms with Crippen LogP contribution in [0, 0.1) is 10.1 Å². The van der Waals surface area contributed by atoms with Gasteiger partial charge < -0.3 is 5.32 Å². The summed E-state index contributed by atoms with van der Waals surface area (Å²) in [5, 5.41) is 14.5. The van der Waals surface area contributed by atoms with Gasteiger partial charge in [0.2, 0.25) is 0 Å². The maximum atomic E-state index is 10.9. The van der Waals surface area contributed by atoms with Crippen LogP contribution in [0.2, 0.25) is 0 Å². The standard InChI is InChI=1S/C12H12N4O2S/c1-2-13-9-6-10(16(17)18)8-11(7-9)19-12-14-4-3-5-15-12/h3-8,13H,2H2,1H3. The monoisotopic (exact) mass is 276 g/mol. The summed E-state index contributed by atoms with van der Waals surface area (Å²) in [5.41, 5.74) is 0.770. The zero-order valence-electron chi connectivity index (χ0n) is 10.2. The first kappa shape index (κ1) is 13.3. The lowest BCUT2D eigenvalue weighted by Crippen LogP contribution is -1.98. The molecule has 0 aliphatic heterocycles. The number of hydrogen-bond acceptors (Lipinski definition) is 6. The molecule has 0 aliphatic carbocycles. The maximum Gasteiger partial charge on any atom is 0.272 e. The van der Waals surface area contributed by atoms with Gasteiger partial charge in [0.1, 0.15) is 0 Å². The highest BCUT2D eigenvalue weighted by Crippen LogP contribution is 2.30. The maximum absolute atomic E-state index is 10.9. The molecule has 0 saturated carbocycles. The third-order valence-corrected chi connectivity index (χ3v) is 3.10. The fraction of sp³-hybridized carbons (Fsp3) is 0.167. The van der Waals surface area contributed by atoms with Gasteiger partial charge in [-0.3, -0.25) is 10.1 Å². The van der Waals surface area contributed by atoms with E-state index in [1.807, 2.05) is 13.0 Å². The van der Waals surface area contributed by atoms with Crippen LogP contribution < -0.4 is 5.32 Å². The summed E-state index contributed by atoms with van der Waals surface area (Å²) in [7, 11) is 0. The van der Waals surface area contributed by atoms with Gasteiger partial charge in [0.25, 0.3) is 5.69 Å². The fourth-order valence-electron chi connectivity index (χ4n) is 1.50. The molecule has 0 saturated heterocycles. The Kier molecular flexibility index (Phi) is 4.30. The van der Waals surface area contributed by atoms with E-state index in [1.54, 1.807) is 18.5 Å². The second kappa shape index (κ2) is 6.14. The van der Waals surface area contributed by atoms with Gasteiger partial charge in [-0.15, -0.1) is 0 Å². The molecule has 2 aromatic rings. The molecular weight excluding hydrogens is 264 g/mol. The van der Waals surface area contributed by atoms with Crippen molar-refractivity contribution in [3.63, 3.8) is 0 Å². The van der Waals surface area contributed by atoms with Crippen molar-refractivity contribution in [3.05, 3.63) is 46.8 Å². The molecule has 0 fully saturated rings. The summed E-state index contributed by atoms with van der Waals surface area (Å²) >= 11 is 1.29. The minimum atomic E-state index is -0.406. The molecule has 1 heterocycles. The number of non-ortho nitro benzene ring substituents is 1. The highest BCUT2D eigenvalue weighted by molar-refractivity contribution is 7.99. The molecule has 0 spiro atoms. The van der Waals surface area contributed by atoms with Crippen LogP contribution in [0.25, 0.3) is 0 Å². The van der Waals surface area contributed by atoms with Crippen LogP contribution >= 0.6 is 11.8 Å². The van der Waals surface area contributed by atoms with Gasteiger partial charge in [-0.25, -0.2) is 9.97 Å². The summed E-state index contributed by atoms with van der Waals surface area (Å²) in [5.74, 6) is 0. The molecule has 0 radical (unpaired) electrons. The molecule has 1 N–H and O–H groups in total. The fourth-order valence-corrected chi connectivity index (χ4v) is 2.30. The van der Waals surface area contributed by atoms with Gasteiger partial charge in [0.15, 0.2) is 5.16 Å². The van der Waals surface area contributed by atoms with Crippen LogP contribution in [0.4, 0.5) is 11.4 Å². The number of nitro groups is 1. The Bertz CT molecular complexity index is 577. The van der Waals surface area contributed by atoms with Crippen LogP contribution in [-0.4, -0.2) is 21.4 Å². The van der Waals surface area contributed by atoms with Crippen molar-refractivity contribution >= 4 is 23.1 Å². The van der Waals surface area contributed by atoms with E-state index in [9.17, 15) is 10.1 Å². The Hall–Kier alpha value is -2.15. The van der Waals surface area contributed by atoms with E-state index in [0.717, 1.165) is 10.6 Å². The number of nitrogens with zero attached hydrogens (tertiary/aromatic N) is 3. The smallest absolute Gasteiger partial charge is 0.272 e. The molecule has 19 heavy (non-hydrogen) atoms. The summed E-state index contributed by atoms with van der Waals surface area (Å²) in [6.07, 6.45) is 3.27. The van der Waals surface area contributed by atoms with Crippen molar-refractivity contribution < 1.29 is 4.92 Å². The third-order valence-electron chi connectivity index (χ3n) is 2.23. The SMILES string of the molecule is CCNc1cc(Sc2ncccn2)cc([N+](=O)[O-])c1. The van der Waals surface area contributed by atoms with E-state index in [1.165, 1.54) is 23.9 Å². The van der Waals surface area contributed by atoms with Crippen LogP contribution in [0.15, 0.2) is 46.7 Å². The summed E-state index contributed by atoms with van der Waals surface area (Å²) in [4.78, 5) is 19.4. The number of rotatable bonds is 5. The quantitative estimate of drug-likeness (QED) is 0.513. The molecular formula is C12H12N4O2S. The van der Waals surface area contributed by atoms with Gasteiger partial charge >= 0.3 is 0 Å². The van der Waals surface area contributed by atoms with Crippen LogP contribution in [-0.2, 0) is 0 Å². The average Bonchev–Trinajstić information content (AvgIpc) is 2.40. The second-order valence-electron chi connectivity index (χ2n) is 3.64. The second-order valence-corrected chi connectivity index (χ2v) is 4.68. The van der Waals surface area contributed by atoms with Gasteiger partial charge in [0, 0.05) is 41.7 Å². The van der Waals surface area contributed by atoms with Crippen LogP contribution in [0.1, 0.15) is 6.92 Å². The van der Waals surface area contributed by atoms with Gasteiger partial charge in [-0.05, 0) is 30.8 Å². The first-order valence-corrected chi connectivity index (χ1v) is 6.49. The van der Waals surface area contributed by atoms with E-state index < -0.39 is 4.92 Å². The molecule has 0 atom stereocenters. The lowest BCUT2D eigenvalue weighted by atomic mass is 10.3. The third kappa shape index (κ3) is 3.65. The molecule has 1 aromatic carbocycles. The highest BCUT2D eigenvalue weighted by atomic mass is 32.2. The van der Waals surface area contributed by atoms with Crippen LogP contribution in [0.3, 0.4) is 0 Å². The van der Waals surface area contributed by atoms with E-state index in [2.05, 4.69) is 15.3 Å². The Morgan fingerprint density at radius 3 is 2.68 bits per heavy atom. The minimum absolute atomic E-state index is 0.0527. The van der Waals surface area contributed by atoms with Gasteiger partial charge in [-0.2, -0.15) is 0 Å². The predicted molar refractivity (Wildman–Crippen MR) is 73.4 cm³/mol. The summed E-state index contributed by atoms with van der Waals surface area (Å²) in [6.45, 7) is 2.64. The Balaban J connectivity index is 2.31. The van der Waals surface area contributed by atoms with E-state index in [0.29, 0.717) is 11.7 Å². The first-order valence-electron chi connectivity index (χ1n) is 5.67.